The monoisotopic (exact) mass is 354 g/mol. The number of quaternary nitrogens is 2. The van der Waals surface area contributed by atoms with Crippen LogP contribution in [0.1, 0.15) is 12.8 Å². The number of benzene rings is 1. The Morgan fingerprint density at radius 1 is 1.36 bits per heavy atom. The number of rotatable bonds is 9. The van der Waals surface area contributed by atoms with Crippen LogP contribution in [0.4, 0.5) is 10.1 Å². The highest BCUT2D eigenvalue weighted by Gasteiger charge is 2.19. The van der Waals surface area contributed by atoms with Gasteiger partial charge < -0.3 is 30.2 Å². The maximum Gasteiger partial charge on any atom is 0.230 e. The van der Waals surface area contributed by atoms with Crippen LogP contribution in [0.3, 0.4) is 0 Å². The summed E-state index contributed by atoms with van der Waals surface area (Å²) >= 11 is 0. The van der Waals surface area contributed by atoms with E-state index >= 15 is 0 Å². The zero-order chi connectivity index (χ0) is 18.1. The van der Waals surface area contributed by atoms with Crippen molar-refractivity contribution < 1.29 is 34.0 Å². The molecule has 4 N–H and O–H groups in total. The molecular weight excluding hydrogens is 329 g/mol. The van der Waals surface area contributed by atoms with Crippen LogP contribution >= 0.6 is 0 Å². The van der Waals surface area contributed by atoms with E-state index in [1.807, 2.05) is 0 Å². The predicted octanol–water partition coefficient (Wildman–Crippen LogP) is -2.86. The Bertz CT molecular complexity index is 579. The average molecular weight is 354 g/mol. The van der Waals surface area contributed by atoms with Crippen molar-refractivity contribution in [2.75, 3.05) is 44.7 Å². The number of morpholine rings is 1. The van der Waals surface area contributed by atoms with Crippen molar-refractivity contribution in [3.63, 3.8) is 0 Å². The van der Waals surface area contributed by atoms with Crippen molar-refractivity contribution in [3.8, 4) is 0 Å². The van der Waals surface area contributed by atoms with E-state index in [0.717, 1.165) is 39.3 Å². The summed E-state index contributed by atoms with van der Waals surface area (Å²) in [6.07, 6.45) is 0.633. The minimum Gasteiger partial charge on any atom is -0.544 e. The predicted molar refractivity (Wildman–Crippen MR) is 86.2 cm³/mol. The highest BCUT2D eigenvalue weighted by molar-refractivity contribution is 5.93. The van der Waals surface area contributed by atoms with Crippen LogP contribution in [0.25, 0.3) is 0 Å². The van der Waals surface area contributed by atoms with Crippen LogP contribution < -0.4 is 20.6 Å². The second-order valence-electron chi connectivity index (χ2n) is 6.18. The van der Waals surface area contributed by atoms with Gasteiger partial charge >= 0.3 is 0 Å². The molecule has 0 unspecified atom stereocenters. The standard InChI is InChI=1S/C17H24FN3O4/c18-13-3-1-4-14(11-13)20-16(22)12-15(17(23)24)19-5-2-6-21-7-9-25-10-8-21/h1,3-4,11,15,19H,2,5-10,12H2,(H,20,22)(H,23,24)/p+1/t15-/m1/s1. The van der Waals surface area contributed by atoms with Crippen LogP contribution in [-0.4, -0.2) is 57.3 Å². The summed E-state index contributed by atoms with van der Waals surface area (Å²) in [6.45, 7) is 5.03. The molecule has 1 aromatic rings. The molecular formula is C17H25FN3O4+. The Kier molecular flexibility index (Phi) is 7.77. The second kappa shape index (κ2) is 10.1. The molecule has 1 fully saturated rings. The summed E-state index contributed by atoms with van der Waals surface area (Å²) in [5.74, 6) is -2.21. The smallest absolute Gasteiger partial charge is 0.230 e. The summed E-state index contributed by atoms with van der Waals surface area (Å²) in [4.78, 5) is 24.6. The van der Waals surface area contributed by atoms with E-state index in [1.54, 1.807) is 11.4 Å². The van der Waals surface area contributed by atoms with Gasteiger partial charge in [0.2, 0.25) is 5.91 Å². The van der Waals surface area contributed by atoms with Gasteiger partial charge in [-0.3, -0.25) is 4.79 Å². The van der Waals surface area contributed by atoms with Gasteiger partial charge in [0.05, 0.1) is 38.7 Å². The third-order valence-corrected chi connectivity index (χ3v) is 4.20. The summed E-state index contributed by atoms with van der Waals surface area (Å²) in [5, 5.41) is 15.4. The minimum absolute atomic E-state index is 0.219. The van der Waals surface area contributed by atoms with E-state index in [-0.39, 0.29) is 6.42 Å². The van der Waals surface area contributed by atoms with E-state index in [1.165, 1.54) is 23.1 Å². The molecule has 2 rings (SSSR count). The molecule has 1 aromatic carbocycles. The van der Waals surface area contributed by atoms with Gasteiger partial charge in [0.25, 0.3) is 0 Å². The molecule has 1 amide bonds. The Hall–Kier alpha value is -2.03. The van der Waals surface area contributed by atoms with Gasteiger partial charge in [-0.05, 0) is 18.2 Å². The van der Waals surface area contributed by atoms with Crippen molar-refractivity contribution in [1.82, 2.24) is 0 Å². The highest BCUT2D eigenvalue weighted by Crippen LogP contribution is 2.09. The third kappa shape index (κ3) is 7.16. The number of halogens is 1. The number of amides is 1. The van der Waals surface area contributed by atoms with Gasteiger partial charge in [0.1, 0.15) is 24.9 Å². The molecule has 0 bridgehead atoms. The fraction of sp³-hybridized carbons (Fsp3) is 0.529. The lowest BCUT2D eigenvalue weighted by Crippen LogP contribution is -3.14. The lowest BCUT2D eigenvalue weighted by molar-refractivity contribution is -0.909. The molecule has 0 aliphatic carbocycles. The van der Waals surface area contributed by atoms with Crippen LogP contribution in [0, 0.1) is 5.82 Å². The molecule has 1 saturated heterocycles. The number of hydrogen-bond donors (Lipinski definition) is 3. The van der Waals surface area contributed by atoms with Crippen molar-refractivity contribution in [3.05, 3.63) is 30.1 Å². The second-order valence-corrected chi connectivity index (χ2v) is 6.18. The zero-order valence-electron chi connectivity index (χ0n) is 14.1. The molecule has 1 heterocycles. The number of nitrogens with two attached hydrogens (primary N) is 1. The molecule has 25 heavy (non-hydrogen) atoms. The van der Waals surface area contributed by atoms with Crippen molar-refractivity contribution in [2.24, 2.45) is 0 Å². The van der Waals surface area contributed by atoms with Crippen LogP contribution in [-0.2, 0) is 14.3 Å². The number of carboxylic acids is 1. The lowest BCUT2D eigenvalue weighted by atomic mass is 10.2. The molecule has 0 aromatic heterocycles. The van der Waals surface area contributed by atoms with Gasteiger partial charge in [-0.1, -0.05) is 6.07 Å². The molecule has 1 atom stereocenters. The largest absolute Gasteiger partial charge is 0.544 e. The number of ether oxygens (including phenoxy) is 1. The van der Waals surface area contributed by atoms with Gasteiger partial charge in [-0.15, -0.1) is 0 Å². The number of carbonyl (C=O) groups excluding carboxylic acids is 2. The first-order valence-electron chi connectivity index (χ1n) is 8.55. The fourth-order valence-electron chi connectivity index (χ4n) is 2.82. The molecule has 0 radical (unpaired) electrons. The van der Waals surface area contributed by atoms with E-state index in [4.69, 9.17) is 4.74 Å². The van der Waals surface area contributed by atoms with E-state index in [0.29, 0.717) is 12.2 Å². The quantitative estimate of drug-likeness (QED) is 0.416. The molecule has 0 saturated carbocycles. The van der Waals surface area contributed by atoms with Crippen LogP contribution in [0.5, 0.6) is 0 Å². The maximum absolute atomic E-state index is 13.1. The van der Waals surface area contributed by atoms with Gasteiger partial charge in [-0.2, -0.15) is 0 Å². The number of anilines is 1. The first kappa shape index (κ1) is 19.3. The average Bonchev–Trinajstić information content (AvgIpc) is 2.58. The maximum atomic E-state index is 13.1. The molecule has 7 nitrogen and oxygen atoms in total. The fourth-order valence-corrected chi connectivity index (χ4v) is 2.82. The molecule has 8 heteroatoms. The molecule has 0 spiro atoms. The SMILES string of the molecule is O=C(C[C@@H]([NH2+]CCC[NH+]1CCOCC1)C(=O)[O-])Nc1cccc(F)c1. The van der Waals surface area contributed by atoms with E-state index < -0.39 is 23.7 Å². The lowest BCUT2D eigenvalue weighted by Gasteiger charge is -2.23. The summed E-state index contributed by atoms with van der Waals surface area (Å²) in [7, 11) is 0. The summed E-state index contributed by atoms with van der Waals surface area (Å²) in [6, 6.07) is 4.52. The Morgan fingerprint density at radius 2 is 2.12 bits per heavy atom. The van der Waals surface area contributed by atoms with Crippen molar-refractivity contribution in [1.29, 1.82) is 0 Å². The van der Waals surface area contributed by atoms with Crippen LogP contribution in [0.15, 0.2) is 24.3 Å². The van der Waals surface area contributed by atoms with E-state index in [9.17, 15) is 19.1 Å². The van der Waals surface area contributed by atoms with Gasteiger partial charge in [0.15, 0.2) is 0 Å². The Balaban J connectivity index is 1.71. The molecule has 1 aliphatic rings. The van der Waals surface area contributed by atoms with E-state index in [2.05, 4.69) is 5.32 Å². The topological polar surface area (TPSA) is 99.5 Å². The first-order valence-corrected chi connectivity index (χ1v) is 8.55. The number of nitrogens with one attached hydrogen (secondary N) is 2. The van der Waals surface area contributed by atoms with Crippen molar-refractivity contribution >= 4 is 17.6 Å². The number of carboxylic acid groups (broad SMARTS) is 1. The van der Waals surface area contributed by atoms with Crippen LogP contribution in [0.2, 0.25) is 0 Å². The minimum atomic E-state index is -1.27. The zero-order valence-corrected chi connectivity index (χ0v) is 14.1. The summed E-state index contributed by atoms with van der Waals surface area (Å²) in [5.41, 5.74) is 0.304. The Labute approximate surface area is 146 Å². The van der Waals surface area contributed by atoms with Crippen molar-refractivity contribution in [2.45, 2.75) is 18.9 Å². The Morgan fingerprint density at radius 3 is 2.80 bits per heavy atom. The number of carbonyl (C=O) groups is 2. The van der Waals surface area contributed by atoms with Gasteiger partial charge in [0, 0.05) is 12.1 Å². The first-order chi connectivity index (χ1) is 12.0. The normalized spacial score (nSPS) is 16.4. The number of hydrogen-bond acceptors (Lipinski definition) is 4. The number of aliphatic carboxylic acids is 1. The van der Waals surface area contributed by atoms with Gasteiger partial charge in [-0.25, -0.2) is 4.39 Å². The molecule has 138 valence electrons. The molecule has 1 aliphatic heterocycles. The highest BCUT2D eigenvalue weighted by atomic mass is 19.1. The third-order valence-electron chi connectivity index (χ3n) is 4.20. The summed E-state index contributed by atoms with van der Waals surface area (Å²) < 4.78 is 18.4.